The maximum absolute atomic E-state index is 10.0. The van der Waals surface area contributed by atoms with Gasteiger partial charge in [-0.15, -0.1) is 0 Å². The van der Waals surface area contributed by atoms with E-state index in [2.05, 4.69) is 5.73 Å². The Hall–Kier alpha value is -0.380. The fourth-order valence-corrected chi connectivity index (χ4v) is 0.768. The van der Waals surface area contributed by atoms with Crippen LogP contribution in [-0.4, -0.2) is 21.9 Å². The Morgan fingerprint density at radius 3 is 2.11 bits per heavy atom. The Morgan fingerprint density at radius 1 is 1.56 bits per heavy atom. The molecular formula is C3H8NO4P. The number of rotatable bonds is 3. The maximum Gasteiger partial charge on any atom is 0.326 e. The standard InChI is InChI=1S/C3H8NO4P/c4-3(5)1-2-9(6,7)8/h1-2H2,(H2,4,5)(H2,6,7,8). The topological polar surface area (TPSA) is 101 Å². The molecule has 0 saturated carbocycles. The summed E-state index contributed by atoms with van der Waals surface area (Å²) < 4.78 is 10.0. The molecule has 0 bridgehead atoms. The van der Waals surface area contributed by atoms with Crippen LogP contribution in [0, 0.1) is 0 Å². The molecule has 0 spiro atoms. The molecule has 0 aliphatic carbocycles. The molecule has 6 heteroatoms. The van der Waals surface area contributed by atoms with Gasteiger partial charge in [-0.25, -0.2) is 0 Å². The molecular weight excluding hydrogens is 145 g/mol. The average molecular weight is 153 g/mol. The van der Waals surface area contributed by atoms with Gasteiger partial charge in [-0.05, 0) is 0 Å². The molecule has 0 radical (unpaired) electrons. The summed E-state index contributed by atoms with van der Waals surface area (Å²) in [6.07, 6.45) is -0.716. The maximum atomic E-state index is 10.0. The second kappa shape index (κ2) is 2.96. The molecule has 0 unspecified atom stereocenters. The number of nitrogens with two attached hydrogens (primary N) is 1. The largest absolute Gasteiger partial charge is 0.370 e. The van der Waals surface area contributed by atoms with Crippen molar-refractivity contribution in [2.75, 3.05) is 6.16 Å². The molecule has 0 aliphatic rings. The zero-order valence-electron chi connectivity index (χ0n) is 4.65. The predicted octanol–water partition coefficient (Wildman–Crippen LogP) is -0.961. The van der Waals surface area contributed by atoms with Gasteiger partial charge in [-0.2, -0.15) is 0 Å². The molecule has 5 nitrogen and oxygen atoms in total. The Balaban J connectivity index is 3.53. The number of hydrogen-bond acceptors (Lipinski definition) is 2. The summed E-state index contributed by atoms with van der Waals surface area (Å²) in [5.41, 5.74) is 4.62. The van der Waals surface area contributed by atoms with Crippen LogP contribution in [0.3, 0.4) is 0 Å². The zero-order valence-corrected chi connectivity index (χ0v) is 5.54. The molecule has 0 saturated heterocycles. The lowest BCUT2D eigenvalue weighted by Crippen LogP contribution is -2.11. The molecule has 54 valence electrons. The van der Waals surface area contributed by atoms with Gasteiger partial charge in [0.2, 0.25) is 5.91 Å². The van der Waals surface area contributed by atoms with E-state index in [1.54, 1.807) is 0 Å². The molecule has 0 aromatic rings. The number of carbonyl (C=O) groups is 1. The van der Waals surface area contributed by atoms with Gasteiger partial charge in [0.15, 0.2) is 0 Å². The van der Waals surface area contributed by atoms with Crippen LogP contribution in [0.25, 0.3) is 0 Å². The average Bonchev–Trinajstić information content (AvgIpc) is 1.59. The van der Waals surface area contributed by atoms with Crippen LogP contribution in [0.5, 0.6) is 0 Å². The normalized spacial score (nSPS) is 11.3. The molecule has 0 atom stereocenters. The van der Waals surface area contributed by atoms with Crippen LogP contribution < -0.4 is 5.73 Å². The van der Waals surface area contributed by atoms with Crippen molar-refractivity contribution < 1.29 is 19.1 Å². The summed E-state index contributed by atoms with van der Waals surface area (Å²) in [5.74, 6) is -0.696. The van der Waals surface area contributed by atoms with E-state index in [1.807, 2.05) is 0 Å². The van der Waals surface area contributed by atoms with Gasteiger partial charge in [-0.3, -0.25) is 9.36 Å². The van der Waals surface area contributed by atoms with E-state index in [0.29, 0.717) is 0 Å². The van der Waals surface area contributed by atoms with Gasteiger partial charge in [0, 0.05) is 6.42 Å². The minimum Gasteiger partial charge on any atom is -0.370 e. The molecule has 1 amide bonds. The third kappa shape index (κ3) is 7.62. The third-order valence-corrected chi connectivity index (χ3v) is 1.46. The minimum absolute atomic E-state index is 0.260. The van der Waals surface area contributed by atoms with E-state index in [0.717, 1.165) is 0 Å². The first-order valence-corrected chi connectivity index (χ1v) is 4.04. The van der Waals surface area contributed by atoms with Crippen molar-refractivity contribution in [1.29, 1.82) is 0 Å². The van der Waals surface area contributed by atoms with Gasteiger partial charge >= 0.3 is 7.60 Å². The molecule has 0 aliphatic heterocycles. The molecule has 0 aromatic heterocycles. The van der Waals surface area contributed by atoms with E-state index in [4.69, 9.17) is 9.79 Å². The Kier molecular flexibility index (Phi) is 2.84. The van der Waals surface area contributed by atoms with Crippen LogP contribution >= 0.6 is 7.60 Å². The van der Waals surface area contributed by atoms with Crippen LogP contribution in [0.2, 0.25) is 0 Å². The lowest BCUT2D eigenvalue weighted by atomic mass is 10.5. The van der Waals surface area contributed by atoms with Gasteiger partial charge in [-0.1, -0.05) is 0 Å². The van der Waals surface area contributed by atoms with Gasteiger partial charge in [0.05, 0.1) is 6.16 Å². The van der Waals surface area contributed by atoms with Crippen LogP contribution in [0.4, 0.5) is 0 Å². The van der Waals surface area contributed by atoms with Gasteiger partial charge in [0.1, 0.15) is 0 Å². The van der Waals surface area contributed by atoms with Crippen molar-refractivity contribution >= 4 is 13.5 Å². The lowest BCUT2D eigenvalue weighted by Gasteiger charge is -1.98. The highest BCUT2D eigenvalue weighted by atomic mass is 31.2. The van der Waals surface area contributed by atoms with Crippen molar-refractivity contribution in [3.63, 3.8) is 0 Å². The van der Waals surface area contributed by atoms with Crippen molar-refractivity contribution in [1.82, 2.24) is 0 Å². The summed E-state index contributed by atoms with van der Waals surface area (Å²) in [5, 5.41) is 0. The number of hydrogen-bond donors (Lipinski definition) is 3. The Labute approximate surface area is 52.0 Å². The van der Waals surface area contributed by atoms with Crippen LogP contribution in [0.15, 0.2) is 0 Å². The first-order chi connectivity index (χ1) is 3.92. The summed E-state index contributed by atoms with van der Waals surface area (Å²) in [7, 11) is -4.02. The van der Waals surface area contributed by atoms with E-state index in [-0.39, 0.29) is 6.42 Å². The van der Waals surface area contributed by atoms with E-state index >= 15 is 0 Å². The summed E-state index contributed by atoms with van der Waals surface area (Å²) >= 11 is 0. The zero-order chi connectivity index (χ0) is 7.49. The van der Waals surface area contributed by atoms with Crippen molar-refractivity contribution in [2.24, 2.45) is 5.73 Å². The smallest absolute Gasteiger partial charge is 0.326 e. The predicted molar refractivity (Wildman–Crippen MR) is 30.7 cm³/mol. The highest BCUT2D eigenvalue weighted by molar-refractivity contribution is 7.51. The van der Waals surface area contributed by atoms with Crippen molar-refractivity contribution in [3.8, 4) is 0 Å². The number of carbonyl (C=O) groups excluding carboxylic acids is 1. The molecule has 0 fully saturated rings. The molecule has 0 rings (SSSR count). The minimum atomic E-state index is -4.02. The van der Waals surface area contributed by atoms with Crippen LogP contribution in [0.1, 0.15) is 6.42 Å². The van der Waals surface area contributed by atoms with Crippen molar-refractivity contribution in [2.45, 2.75) is 6.42 Å². The monoisotopic (exact) mass is 153 g/mol. The first-order valence-electron chi connectivity index (χ1n) is 2.25. The summed E-state index contributed by atoms with van der Waals surface area (Å²) in [6.45, 7) is 0. The quantitative estimate of drug-likeness (QED) is 0.454. The van der Waals surface area contributed by atoms with Crippen LogP contribution in [-0.2, 0) is 9.36 Å². The van der Waals surface area contributed by atoms with E-state index < -0.39 is 19.7 Å². The number of primary amides is 1. The van der Waals surface area contributed by atoms with E-state index in [1.165, 1.54) is 0 Å². The molecule has 0 aromatic carbocycles. The fraction of sp³-hybridized carbons (Fsp3) is 0.667. The van der Waals surface area contributed by atoms with Gasteiger partial charge < -0.3 is 15.5 Å². The molecule has 9 heavy (non-hydrogen) atoms. The SMILES string of the molecule is NC(=O)CCP(=O)(O)O. The molecule has 4 N–H and O–H groups in total. The highest BCUT2D eigenvalue weighted by Gasteiger charge is 2.13. The summed E-state index contributed by atoms with van der Waals surface area (Å²) in [4.78, 5) is 26.3. The fourth-order valence-electron chi connectivity index (χ4n) is 0.256. The molecule has 0 heterocycles. The number of amides is 1. The van der Waals surface area contributed by atoms with E-state index in [9.17, 15) is 9.36 Å². The summed E-state index contributed by atoms with van der Waals surface area (Å²) in [6, 6.07) is 0. The van der Waals surface area contributed by atoms with Crippen molar-refractivity contribution in [3.05, 3.63) is 0 Å². The lowest BCUT2D eigenvalue weighted by molar-refractivity contribution is -0.117. The first kappa shape index (κ1) is 8.62. The Morgan fingerprint density at radius 2 is 2.00 bits per heavy atom. The Bertz CT molecular complexity index is 150. The second-order valence-electron chi connectivity index (χ2n) is 1.60. The van der Waals surface area contributed by atoms with Gasteiger partial charge in [0.25, 0.3) is 0 Å². The third-order valence-electron chi connectivity index (χ3n) is 0.649. The highest BCUT2D eigenvalue weighted by Crippen LogP contribution is 2.34. The second-order valence-corrected chi connectivity index (χ2v) is 3.38.